The Morgan fingerprint density at radius 1 is 1.24 bits per heavy atom. The topological polar surface area (TPSA) is 52.8 Å². The molecular weight excluding hydrogens is 309 g/mol. The van der Waals surface area contributed by atoms with Crippen molar-refractivity contribution >= 4 is 22.6 Å². The van der Waals surface area contributed by atoms with Crippen LogP contribution >= 0.6 is 11.6 Å². The zero-order chi connectivity index (χ0) is 15.0. The number of ether oxygens (including phenoxy) is 1. The maximum Gasteiger partial charge on any atom is 0.387 e. The normalized spacial score (nSPS) is 11.3. The molecule has 0 bridgehead atoms. The van der Waals surface area contributed by atoms with Crippen LogP contribution in [0.1, 0.15) is 0 Å². The molecule has 2 heterocycles. The molecule has 0 fully saturated rings. The zero-order valence-electron chi connectivity index (χ0n) is 10.2. The summed E-state index contributed by atoms with van der Waals surface area (Å²) >= 11 is 5.89. The molecule has 2 aromatic heterocycles. The van der Waals surface area contributed by atoms with Crippen molar-refractivity contribution in [1.29, 1.82) is 0 Å². The highest BCUT2D eigenvalue weighted by molar-refractivity contribution is 6.33. The third-order valence-corrected chi connectivity index (χ3v) is 2.98. The van der Waals surface area contributed by atoms with Gasteiger partial charge in [-0.05, 0) is 12.1 Å². The molecule has 0 saturated carbocycles. The summed E-state index contributed by atoms with van der Waals surface area (Å²) in [4.78, 5) is 7.78. The van der Waals surface area contributed by atoms with Crippen molar-refractivity contribution in [3.8, 4) is 11.4 Å². The average Bonchev–Trinajstić information content (AvgIpc) is 2.83. The van der Waals surface area contributed by atoms with Crippen molar-refractivity contribution in [3.05, 3.63) is 41.7 Å². The minimum Gasteiger partial charge on any atom is -0.432 e. The molecule has 3 aromatic rings. The fourth-order valence-corrected chi connectivity index (χ4v) is 2.02. The maximum atomic E-state index is 13.2. The van der Waals surface area contributed by atoms with Gasteiger partial charge in [-0.25, -0.2) is 19.0 Å². The molecule has 0 saturated heterocycles. The number of halogens is 4. The summed E-state index contributed by atoms with van der Waals surface area (Å²) in [5.74, 6) is -1.07. The molecule has 0 aliphatic heterocycles. The summed E-state index contributed by atoms with van der Waals surface area (Å²) in [7, 11) is 0. The van der Waals surface area contributed by atoms with Crippen LogP contribution in [0.25, 0.3) is 16.7 Å². The van der Waals surface area contributed by atoms with Gasteiger partial charge < -0.3 is 4.74 Å². The zero-order valence-corrected chi connectivity index (χ0v) is 10.9. The molecule has 0 amide bonds. The second-order valence-corrected chi connectivity index (χ2v) is 4.31. The molecule has 0 unspecified atom stereocenters. The van der Waals surface area contributed by atoms with E-state index in [0.717, 1.165) is 12.1 Å². The molecule has 0 aliphatic carbocycles. The second-order valence-electron chi connectivity index (χ2n) is 3.95. The van der Waals surface area contributed by atoms with Crippen LogP contribution < -0.4 is 4.74 Å². The maximum absolute atomic E-state index is 13.2. The van der Waals surface area contributed by atoms with Crippen molar-refractivity contribution in [1.82, 2.24) is 19.7 Å². The minimum absolute atomic E-state index is 0.112. The highest BCUT2D eigenvalue weighted by Gasteiger charge is 2.16. The Kier molecular flexibility index (Phi) is 3.38. The molecule has 0 N–H and O–H groups in total. The number of fused-ring (bicyclic) bond motifs is 1. The van der Waals surface area contributed by atoms with Gasteiger partial charge >= 0.3 is 6.61 Å². The SMILES string of the molecule is Fc1ccc(-n2ncc3c(Cl)ncnc32)c(OC(F)F)c1. The van der Waals surface area contributed by atoms with E-state index in [-0.39, 0.29) is 16.6 Å². The molecular formula is C12H6ClF3N4O. The number of aromatic nitrogens is 4. The first-order valence-electron chi connectivity index (χ1n) is 5.65. The minimum atomic E-state index is -3.09. The molecule has 108 valence electrons. The van der Waals surface area contributed by atoms with E-state index in [1.807, 2.05) is 0 Å². The summed E-state index contributed by atoms with van der Waals surface area (Å²) in [5, 5.41) is 4.61. The number of rotatable bonds is 3. The number of hydrogen-bond donors (Lipinski definition) is 0. The molecule has 0 radical (unpaired) electrons. The lowest BCUT2D eigenvalue weighted by Crippen LogP contribution is -2.07. The molecule has 5 nitrogen and oxygen atoms in total. The Labute approximate surface area is 120 Å². The summed E-state index contributed by atoms with van der Waals surface area (Å²) in [6.07, 6.45) is 2.59. The number of benzene rings is 1. The summed E-state index contributed by atoms with van der Waals surface area (Å²) in [5.41, 5.74) is 0.405. The van der Waals surface area contributed by atoms with Gasteiger partial charge in [0.2, 0.25) is 0 Å². The van der Waals surface area contributed by atoms with Gasteiger partial charge in [-0.15, -0.1) is 0 Å². The standard InChI is InChI=1S/C12H6ClF3N4O/c13-10-7-4-19-20(11(7)18-5-17-10)8-2-1-6(14)3-9(8)21-12(15)16/h1-5,12H. The largest absolute Gasteiger partial charge is 0.432 e. The van der Waals surface area contributed by atoms with Gasteiger partial charge in [-0.2, -0.15) is 13.9 Å². The van der Waals surface area contributed by atoms with Gasteiger partial charge in [-0.3, -0.25) is 0 Å². The van der Waals surface area contributed by atoms with Crippen LogP contribution in [0.4, 0.5) is 13.2 Å². The van der Waals surface area contributed by atoms with Crippen LogP contribution in [0.2, 0.25) is 5.15 Å². The smallest absolute Gasteiger partial charge is 0.387 e. The quantitative estimate of drug-likeness (QED) is 0.697. The molecule has 0 atom stereocenters. The van der Waals surface area contributed by atoms with Crippen LogP contribution in [0, 0.1) is 5.82 Å². The predicted molar refractivity (Wildman–Crippen MR) is 68.3 cm³/mol. The number of hydrogen-bond acceptors (Lipinski definition) is 4. The van der Waals surface area contributed by atoms with Crippen LogP contribution in [-0.2, 0) is 0 Å². The molecule has 9 heteroatoms. The Hall–Kier alpha value is -2.35. The number of nitrogens with zero attached hydrogens (tertiary/aromatic N) is 4. The van der Waals surface area contributed by atoms with E-state index in [1.54, 1.807) is 0 Å². The lowest BCUT2D eigenvalue weighted by molar-refractivity contribution is -0.0500. The second kappa shape index (κ2) is 5.21. The summed E-state index contributed by atoms with van der Waals surface area (Å²) < 4.78 is 43.6. The molecule has 0 spiro atoms. The molecule has 3 rings (SSSR count). The van der Waals surface area contributed by atoms with Crippen LogP contribution in [0.15, 0.2) is 30.7 Å². The molecule has 0 aliphatic rings. The van der Waals surface area contributed by atoms with E-state index < -0.39 is 12.4 Å². The van der Waals surface area contributed by atoms with Crippen molar-refractivity contribution in [2.24, 2.45) is 0 Å². The van der Waals surface area contributed by atoms with Gasteiger partial charge in [0, 0.05) is 6.07 Å². The van der Waals surface area contributed by atoms with Gasteiger partial charge in [0.15, 0.2) is 11.4 Å². The lowest BCUT2D eigenvalue weighted by atomic mass is 10.3. The average molecular weight is 315 g/mol. The van der Waals surface area contributed by atoms with E-state index in [9.17, 15) is 13.2 Å². The van der Waals surface area contributed by atoms with E-state index in [4.69, 9.17) is 11.6 Å². The first-order chi connectivity index (χ1) is 10.1. The highest BCUT2D eigenvalue weighted by atomic mass is 35.5. The van der Waals surface area contributed by atoms with E-state index >= 15 is 0 Å². The van der Waals surface area contributed by atoms with Gasteiger partial charge in [0.25, 0.3) is 0 Å². The van der Waals surface area contributed by atoms with E-state index in [0.29, 0.717) is 11.0 Å². The fourth-order valence-electron chi connectivity index (χ4n) is 1.85. The molecule has 21 heavy (non-hydrogen) atoms. The van der Waals surface area contributed by atoms with Gasteiger partial charge in [0.05, 0.1) is 11.6 Å². The van der Waals surface area contributed by atoms with Crippen molar-refractivity contribution < 1.29 is 17.9 Å². The third kappa shape index (κ3) is 2.49. The van der Waals surface area contributed by atoms with Crippen molar-refractivity contribution in [2.45, 2.75) is 6.61 Å². The predicted octanol–water partition coefficient (Wildman–Crippen LogP) is 3.21. The van der Waals surface area contributed by atoms with Crippen molar-refractivity contribution in [3.63, 3.8) is 0 Å². The number of alkyl halides is 2. The molecule has 1 aromatic carbocycles. The van der Waals surface area contributed by atoms with Crippen molar-refractivity contribution in [2.75, 3.05) is 0 Å². The first-order valence-corrected chi connectivity index (χ1v) is 6.03. The Morgan fingerprint density at radius 2 is 2.05 bits per heavy atom. The van der Waals surface area contributed by atoms with Gasteiger partial charge in [0.1, 0.15) is 23.0 Å². The van der Waals surface area contributed by atoms with E-state index in [2.05, 4.69) is 19.8 Å². The Balaban J connectivity index is 2.21. The summed E-state index contributed by atoms with van der Waals surface area (Å²) in [6, 6.07) is 3.21. The fraction of sp³-hybridized carbons (Fsp3) is 0.0833. The van der Waals surface area contributed by atoms with Crippen LogP contribution in [0.3, 0.4) is 0 Å². The Morgan fingerprint density at radius 3 is 2.81 bits per heavy atom. The Bertz CT molecular complexity index is 808. The first kappa shape index (κ1) is 13.6. The van der Waals surface area contributed by atoms with E-state index in [1.165, 1.54) is 23.3 Å². The third-order valence-electron chi connectivity index (χ3n) is 2.68. The lowest BCUT2D eigenvalue weighted by Gasteiger charge is -2.11. The van der Waals surface area contributed by atoms with Crippen LogP contribution in [0.5, 0.6) is 5.75 Å². The van der Waals surface area contributed by atoms with Gasteiger partial charge in [-0.1, -0.05) is 11.6 Å². The monoisotopic (exact) mass is 314 g/mol. The highest BCUT2D eigenvalue weighted by Crippen LogP contribution is 2.29. The van der Waals surface area contributed by atoms with Crippen LogP contribution in [-0.4, -0.2) is 26.4 Å². The summed E-state index contributed by atoms with van der Waals surface area (Å²) in [6.45, 7) is -3.09.